The van der Waals surface area contributed by atoms with Gasteiger partial charge in [0.15, 0.2) is 0 Å². The average Bonchev–Trinajstić information content (AvgIpc) is 3.09. The Morgan fingerprint density at radius 3 is 2.75 bits per heavy atom. The fourth-order valence-corrected chi connectivity index (χ4v) is 3.20. The molecule has 0 aromatic carbocycles. The van der Waals surface area contributed by atoms with Crippen molar-refractivity contribution < 1.29 is 14.3 Å². The minimum atomic E-state index is -0.832. The van der Waals surface area contributed by atoms with E-state index in [1.54, 1.807) is 11.3 Å². The number of methoxy groups -OCH3 is 1. The number of thiophene rings is 1. The van der Waals surface area contributed by atoms with Gasteiger partial charge in [-0.05, 0) is 35.2 Å². The molecule has 1 saturated carbocycles. The van der Waals surface area contributed by atoms with Gasteiger partial charge in [-0.3, -0.25) is 4.79 Å². The highest BCUT2D eigenvalue weighted by Crippen LogP contribution is 2.27. The summed E-state index contributed by atoms with van der Waals surface area (Å²) < 4.78 is 4.77. The molecule has 1 fully saturated rings. The minimum Gasteiger partial charge on any atom is -0.467 e. The summed E-state index contributed by atoms with van der Waals surface area (Å²) in [7, 11) is 1.32. The van der Waals surface area contributed by atoms with Gasteiger partial charge >= 0.3 is 5.97 Å². The molecule has 1 aromatic rings. The van der Waals surface area contributed by atoms with Crippen LogP contribution in [0.15, 0.2) is 16.8 Å². The molecule has 6 heteroatoms. The molecule has 0 unspecified atom stereocenters. The van der Waals surface area contributed by atoms with Crippen molar-refractivity contribution >= 4 is 23.2 Å². The molecule has 1 atom stereocenters. The summed E-state index contributed by atoms with van der Waals surface area (Å²) in [5.41, 5.74) is 6.27. The Morgan fingerprint density at radius 1 is 1.50 bits per heavy atom. The summed E-state index contributed by atoms with van der Waals surface area (Å²) in [5.74, 6) is -0.688. The van der Waals surface area contributed by atoms with Gasteiger partial charge in [0, 0.05) is 6.42 Å². The zero-order valence-electron chi connectivity index (χ0n) is 11.6. The van der Waals surface area contributed by atoms with Crippen LogP contribution >= 0.6 is 11.3 Å². The van der Waals surface area contributed by atoms with E-state index in [0.29, 0.717) is 19.3 Å². The molecule has 5 nitrogen and oxygen atoms in total. The summed E-state index contributed by atoms with van der Waals surface area (Å²) in [6.07, 6.45) is 3.68. The van der Waals surface area contributed by atoms with Gasteiger partial charge in [-0.15, -0.1) is 0 Å². The Kier molecular flexibility index (Phi) is 4.77. The number of nitrogens with two attached hydrogens (primary N) is 1. The van der Waals surface area contributed by atoms with E-state index in [2.05, 4.69) is 5.32 Å². The summed E-state index contributed by atoms with van der Waals surface area (Å²) in [4.78, 5) is 24.1. The standard InChI is InChI=1S/C14H20N2O3S/c1-19-12(17)11(8-10-4-7-20-9-10)16-13(18)14(15)5-2-3-6-14/h4,7,9,11H,2-3,5-6,8,15H2,1H3,(H,16,18)/t11-/m0/s1. The Morgan fingerprint density at radius 2 is 2.20 bits per heavy atom. The van der Waals surface area contributed by atoms with Crippen LogP contribution in [0.25, 0.3) is 0 Å². The second-order valence-electron chi connectivity index (χ2n) is 5.25. The summed E-state index contributed by atoms with van der Waals surface area (Å²) in [6.45, 7) is 0. The highest BCUT2D eigenvalue weighted by atomic mass is 32.1. The zero-order valence-corrected chi connectivity index (χ0v) is 12.4. The predicted molar refractivity (Wildman–Crippen MR) is 77.4 cm³/mol. The molecule has 0 spiro atoms. The third-order valence-electron chi connectivity index (χ3n) is 3.76. The second kappa shape index (κ2) is 6.37. The number of ether oxygens (including phenoxy) is 1. The number of nitrogens with one attached hydrogen (secondary N) is 1. The molecule has 0 saturated heterocycles. The number of carbonyl (C=O) groups excluding carboxylic acids is 2. The number of hydrogen-bond acceptors (Lipinski definition) is 5. The van der Waals surface area contributed by atoms with E-state index in [1.807, 2.05) is 16.8 Å². The van der Waals surface area contributed by atoms with Gasteiger partial charge in [-0.25, -0.2) is 4.79 Å². The summed E-state index contributed by atoms with van der Waals surface area (Å²) >= 11 is 1.55. The van der Waals surface area contributed by atoms with Gasteiger partial charge in [-0.2, -0.15) is 11.3 Å². The summed E-state index contributed by atoms with van der Waals surface area (Å²) in [5, 5.41) is 6.65. The number of carbonyl (C=O) groups is 2. The fraction of sp³-hybridized carbons (Fsp3) is 0.571. The first-order valence-corrected chi connectivity index (χ1v) is 7.68. The van der Waals surface area contributed by atoms with Crippen molar-refractivity contribution in [2.75, 3.05) is 7.11 Å². The van der Waals surface area contributed by atoms with Crippen molar-refractivity contribution in [1.82, 2.24) is 5.32 Å². The van der Waals surface area contributed by atoms with Crippen molar-refractivity contribution in [3.63, 3.8) is 0 Å². The number of rotatable bonds is 5. The molecule has 1 heterocycles. The lowest BCUT2D eigenvalue weighted by molar-refractivity contribution is -0.145. The van der Waals surface area contributed by atoms with E-state index in [4.69, 9.17) is 10.5 Å². The van der Waals surface area contributed by atoms with E-state index < -0.39 is 17.6 Å². The van der Waals surface area contributed by atoms with Gasteiger partial charge in [0.05, 0.1) is 12.6 Å². The molecule has 1 aromatic heterocycles. The van der Waals surface area contributed by atoms with Gasteiger partial charge in [0.25, 0.3) is 0 Å². The van der Waals surface area contributed by atoms with Crippen LogP contribution in [0.2, 0.25) is 0 Å². The maximum absolute atomic E-state index is 12.3. The lowest BCUT2D eigenvalue weighted by atomic mass is 9.97. The lowest BCUT2D eigenvalue weighted by Crippen LogP contribution is -2.56. The van der Waals surface area contributed by atoms with E-state index in [-0.39, 0.29) is 5.91 Å². The van der Waals surface area contributed by atoms with Gasteiger partial charge in [-0.1, -0.05) is 12.8 Å². The van der Waals surface area contributed by atoms with E-state index in [9.17, 15) is 9.59 Å². The molecule has 1 amide bonds. The first-order valence-electron chi connectivity index (χ1n) is 6.74. The van der Waals surface area contributed by atoms with Crippen molar-refractivity contribution in [1.29, 1.82) is 0 Å². The Balaban J connectivity index is 2.03. The normalized spacial score (nSPS) is 18.5. The minimum absolute atomic E-state index is 0.249. The first-order chi connectivity index (χ1) is 9.55. The lowest BCUT2D eigenvalue weighted by Gasteiger charge is -2.25. The third kappa shape index (κ3) is 3.37. The molecular formula is C14H20N2O3S. The number of esters is 1. The molecule has 1 aliphatic rings. The third-order valence-corrected chi connectivity index (χ3v) is 4.49. The van der Waals surface area contributed by atoms with Crippen molar-refractivity contribution in [3.8, 4) is 0 Å². The highest BCUT2D eigenvalue weighted by molar-refractivity contribution is 7.07. The van der Waals surface area contributed by atoms with Crippen molar-refractivity contribution in [2.24, 2.45) is 5.73 Å². The quantitative estimate of drug-likeness (QED) is 0.801. The summed E-state index contributed by atoms with van der Waals surface area (Å²) in [6, 6.07) is 1.25. The second-order valence-corrected chi connectivity index (χ2v) is 6.03. The van der Waals surface area contributed by atoms with E-state index in [1.165, 1.54) is 7.11 Å². The molecule has 20 heavy (non-hydrogen) atoms. The van der Waals surface area contributed by atoms with Gasteiger partial charge < -0.3 is 15.8 Å². The molecule has 3 N–H and O–H groups in total. The van der Waals surface area contributed by atoms with Crippen molar-refractivity contribution in [2.45, 2.75) is 43.7 Å². The van der Waals surface area contributed by atoms with Crippen LogP contribution in [0.4, 0.5) is 0 Å². The van der Waals surface area contributed by atoms with Gasteiger partial charge in [0.2, 0.25) is 5.91 Å². The molecular weight excluding hydrogens is 276 g/mol. The van der Waals surface area contributed by atoms with Crippen LogP contribution in [0.1, 0.15) is 31.2 Å². The number of hydrogen-bond donors (Lipinski definition) is 2. The largest absolute Gasteiger partial charge is 0.467 e. The van der Waals surface area contributed by atoms with Crippen LogP contribution in [0.3, 0.4) is 0 Å². The van der Waals surface area contributed by atoms with Crippen molar-refractivity contribution in [3.05, 3.63) is 22.4 Å². The topological polar surface area (TPSA) is 81.4 Å². The van der Waals surface area contributed by atoms with Crippen LogP contribution in [-0.2, 0) is 20.7 Å². The molecule has 2 rings (SSSR count). The Labute approximate surface area is 122 Å². The van der Waals surface area contributed by atoms with Crippen LogP contribution in [0, 0.1) is 0 Å². The molecule has 1 aliphatic carbocycles. The zero-order chi connectivity index (χ0) is 14.6. The maximum atomic E-state index is 12.3. The predicted octanol–water partition coefficient (Wildman–Crippen LogP) is 1.22. The van der Waals surface area contributed by atoms with Crippen LogP contribution in [0.5, 0.6) is 0 Å². The molecule has 0 aliphatic heterocycles. The van der Waals surface area contributed by atoms with E-state index >= 15 is 0 Å². The van der Waals surface area contributed by atoms with Crippen LogP contribution in [-0.4, -0.2) is 30.6 Å². The first kappa shape index (κ1) is 15.0. The monoisotopic (exact) mass is 296 g/mol. The molecule has 110 valence electrons. The smallest absolute Gasteiger partial charge is 0.328 e. The van der Waals surface area contributed by atoms with Crippen LogP contribution < -0.4 is 11.1 Å². The Bertz CT molecular complexity index is 467. The SMILES string of the molecule is COC(=O)[C@H](Cc1ccsc1)NC(=O)C1(N)CCCC1. The average molecular weight is 296 g/mol. The highest BCUT2D eigenvalue weighted by Gasteiger charge is 2.38. The molecule has 0 bridgehead atoms. The fourth-order valence-electron chi connectivity index (χ4n) is 2.51. The maximum Gasteiger partial charge on any atom is 0.328 e. The Hall–Kier alpha value is -1.40. The number of amides is 1. The molecule has 0 radical (unpaired) electrons. The van der Waals surface area contributed by atoms with E-state index in [0.717, 1.165) is 18.4 Å². The van der Waals surface area contributed by atoms with Gasteiger partial charge in [0.1, 0.15) is 6.04 Å².